The molecule has 0 amide bonds. The molecular formula is C25H52O4S. The highest BCUT2D eigenvalue weighted by molar-refractivity contribution is 7.80. The summed E-state index contributed by atoms with van der Waals surface area (Å²) in [6.07, 6.45) is 30.8. The molecular weight excluding hydrogens is 396 g/mol. The summed E-state index contributed by atoms with van der Waals surface area (Å²) in [6.45, 7) is 2.38. The lowest BCUT2D eigenvalue weighted by molar-refractivity contribution is 0.261. The summed E-state index contributed by atoms with van der Waals surface area (Å²) in [6, 6.07) is 0. The molecule has 0 fully saturated rings. The van der Waals surface area contributed by atoms with E-state index < -0.39 is 10.4 Å². The molecule has 0 spiro atoms. The molecule has 4 nitrogen and oxygen atoms in total. The molecule has 0 saturated carbocycles. The SMILES string of the molecule is CCCCCCCCCCCCCCCCCCCCCCCCCOS(=O)(=O)O. The van der Waals surface area contributed by atoms with E-state index >= 15 is 0 Å². The van der Waals surface area contributed by atoms with Crippen molar-refractivity contribution >= 4 is 10.4 Å². The summed E-state index contributed by atoms with van der Waals surface area (Å²) in [5.74, 6) is 0. The summed E-state index contributed by atoms with van der Waals surface area (Å²) in [4.78, 5) is 0. The zero-order valence-corrected chi connectivity index (χ0v) is 20.9. The molecule has 0 aliphatic carbocycles. The van der Waals surface area contributed by atoms with Crippen LogP contribution in [0.15, 0.2) is 0 Å². The van der Waals surface area contributed by atoms with Crippen molar-refractivity contribution in [1.82, 2.24) is 0 Å². The van der Waals surface area contributed by atoms with Crippen LogP contribution >= 0.6 is 0 Å². The normalized spacial score (nSPS) is 11.9. The second-order valence-electron chi connectivity index (χ2n) is 9.03. The number of hydrogen-bond donors (Lipinski definition) is 1. The molecule has 1 N–H and O–H groups in total. The van der Waals surface area contributed by atoms with Gasteiger partial charge in [0.15, 0.2) is 0 Å². The predicted octanol–water partition coefficient (Wildman–Crippen LogP) is 8.80. The highest BCUT2D eigenvalue weighted by atomic mass is 32.3. The first-order valence-electron chi connectivity index (χ1n) is 13.2. The minimum Gasteiger partial charge on any atom is -0.264 e. The van der Waals surface area contributed by atoms with E-state index in [-0.39, 0.29) is 6.61 Å². The monoisotopic (exact) mass is 448 g/mol. The van der Waals surface area contributed by atoms with Crippen LogP contribution in [0.5, 0.6) is 0 Å². The maximum Gasteiger partial charge on any atom is 0.397 e. The quantitative estimate of drug-likeness (QED) is 0.112. The van der Waals surface area contributed by atoms with Crippen molar-refractivity contribution in [3.05, 3.63) is 0 Å². The molecule has 182 valence electrons. The summed E-state index contributed by atoms with van der Waals surface area (Å²) < 4.78 is 33.5. The minimum atomic E-state index is -4.25. The van der Waals surface area contributed by atoms with Gasteiger partial charge in [0.25, 0.3) is 0 Å². The lowest BCUT2D eigenvalue weighted by Gasteiger charge is -2.04. The van der Waals surface area contributed by atoms with E-state index in [1.807, 2.05) is 0 Å². The van der Waals surface area contributed by atoms with Crippen LogP contribution < -0.4 is 0 Å². The van der Waals surface area contributed by atoms with Crippen molar-refractivity contribution < 1.29 is 17.2 Å². The largest absolute Gasteiger partial charge is 0.397 e. The molecule has 0 saturated heterocycles. The number of rotatable bonds is 25. The molecule has 0 radical (unpaired) electrons. The molecule has 0 bridgehead atoms. The molecule has 0 atom stereocenters. The molecule has 0 aromatic carbocycles. The van der Waals surface area contributed by atoms with Crippen molar-refractivity contribution in [3.63, 3.8) is 0 Å². The van der Waals surface area contributed by atoms with Gasteiger partial charge in [0.05, 0.1) is 6.61 Å². The Kier molecular flexibility index (Phi) is 23.4. The Hall–Kier alpha value is -0.130. The van der Waals surface area contributed by atoms with Crippen LogP contribution in [0.25, 0.3) is 0 Å². The van der Waals surface area contributed by atoms with Crippen LogP contribution in [0.3, 0.4) is 0 Å². The Morgan fingerprint density at radius 1 is 0.467 bits per heavy atom. The van der Waals surface area contributed by atoms with E-state index in [0.717, 1.165) is 12.8 Å². The van der Waals surface area contributed by atoms with E-state index in [4.69, 9.17) is 4.55 Å². The Labute approximate surface area is 188 Å². The fourth-order valence-electron chi connectivity index (χ4n) is 4.05. The molecule has 5 heteroatoms. The number of hydrogen-bond acceptors (Lipinski definition) is 3. The predicted molar refractivity (Wildman–Crippen MR) is 129 cm³/mol. The van der Waals surface area contributed by atoms with Crippen LogP contribution in [-0.4, -0.2) is 19.6 Å². The molecule has 0 heterocycles. The van der Waals surface area contributed by atoms with Crippen molar-refractivity contribution in [2.45, 2.75) is 155 Å². The fourth-order valence-corrected chi connectivity index (χ4v) is 4.38. The van der Waals surface area contributed by atoms with Crippen molar-refractivity contribution in [2.75, 3.05) is 6.61 Å². The molecule has 0 aromatic rings. The molecule has 30 heavy (non-hydrogen) atoms. The molecule has 0 aliphatic rings. The van der Waals surface area contributed by atoms with Gasteiger partial charge in [-0.15, -0.1) is 0 Å². The van der Waals surface area contributed by atoms with Gasteiger partial charge in [-0.3, -0.25) is 4.55 Å². The van der Waals surface area contributed by atoms with Gasteiger partial charge < -0.3 is 0 Å². The van der Waals surface area contributed by atoms with Crippen LogP contribution in [0, 0.1) is 0 Å². The molecule has 0 unspecified atom stereocenters. The smallest absolute Gasteiger partial charge is 0.264 e. The minimum absolute atomic E-state index is 0.0953. The van der Waals surface area contributed by atoms with E-state index in [1.165, 1.54) is 128 Å². The van der Waals surface area contributed by atoms with Gasteiger partial charge in [0.2, 0.25) is 0 Å². The first-order chi connectivity index (χ1) is 14.6. The van der Waals surface area contributed by atoms with Crippen molar-refractivity contribution in [2.24, 2.45) is 0 Å². The summed E-state index contributed by atoms with van der Waals surface area (Å²) in [5.41, 5.74) is 0. The molecule has 0 aromatic heterocycles. The number of unbranched alkanes of at least 4 members (excludes halogenated alkanes) is 22. The third-order valence-electron chi connectivity index (χ3n) is 5.98. The summed E-state index contributed by atoms with van der Waals surface area (Å²) in [5, 5.41) is 0. The third-order valence-corrected chi connectivity index (χ3v) is 6.44. The van der Waals surface area contributed by atoms with Gasteiger partial charge in [-0.25, -0.2) is 4.18 Å². The fraction of sp³-hybridized carbons (Fsp3) is 1.00. The zero-order valence-electron chi connectivity index (χ0n) is 20.1. The zero-order chi connectivity index (χ0) is 22.2. The van der Waals surface area contributed by atoms with Crippen LogP contribution in [0.4, 0.5) is 0 Å². The van der Waals surface area contributed by atoms with E-state index in [2.05, 4.69) is 11.1 Å². The van der Waals surface area contributed by atoms with Crippen molar-refractivity contribution in [1.29, 1.82) is 0 Å². The maximum atomic E-state index is 10.4. The second-order valence-corrected chi connectivity index (χ2v) is 10.1. The van der Waals surface area contributed by atoms with Crippen LogP contribution in [0.1, 0.15) is 155 Å². The average Bonchev–Trinajstić information content (AvgIpc) is 2.70. The lowest BCUT2D eigenvalue weighted by Crippen LogP contribution is -2.04. The summed E-state index contributed by atoms with van der Waals surface area (Å²) >= 11 is 0. The van der Waals surface area contributed by atoms with E-state index in [1.54, 1.807) is 0 Å². The second kappa shape index (κ2) is 23.5. The van der Waals surface area contributed by atoms with Gasteiger partial charge in [0, 0.05) is 0 Å². The maximum absolute atomic E-state index is 10.4. The van der Waals surface area contributed by atoms with Gasteiger partial charge in [0.1, 0.15) is 0 Å². The van der Waals surface area contributed by atoms with Gasteiger partial charge >= 0.3 is 10.4 Å². The Bertz CT molecular complexity index is 423. The summed E-state index contributed by atoms with van der Waals surface area (Å²) in [7, 11) is -4.25. The Morgan fingerprint density at radius 3 is 0.933 bits per heavy atom. The highest BCUT2D eigenvalue weighted by Crippen LogP contribution is 2.15. The van der Waals surface area contributed by atoms with Gasteiger partial charge in [-0.1, -0.05) is 148 Å². The average molecular weight is 449 g/mol. The topological polar surface area (TPSA) is 63.6 Å². The van der Waals surface area contributed by atoms with Gasteiger partial charge in [-0.2, -0.15) is 8.42 Å². The standard InChI is InChI=1S/C25H52O4S/c1-2-3-4-5-6-7-8-9-10-11-12-13-14-15-16-17-18-19-20-21-22-23-24-25-29-30(26,27)28/h2-25H2,1H3,(H,26,27,28). The first-order valence-corrected chi connectivity index (χ1v) is 14.5. The first kappa shape index (κ1) is 29.9. The van der Waals surface area contributed by atoms with Crippen LogP contribution in [-0.2, 0) is 14.6 Å². The Morgan fingerprint density at radius 2 is 0.700 bits per heavy atom. The molecule has 0 aliphatic heterocycles. The van der Waals surface area contributed by atoms with Crippen LogP contribution in [0.2, 0.25) is 0 Å². The van der Waals surface area contributed by atoms with Gasteiger partial charge in [-0.05, 0) is 6.42 Å². The Balaban J connectivity index is 3.03. The van der Waals surface area contributed by atoms with E-state index in [0.29, 0.717) is 6.42 Å². The molecule has 0 rings (SSSR count). The lowest BCUT2D eigenvalue weighted by atomic mass is 10.0. The van der Waals surface area contributed by atoms with Crippen molar-refractivity contribution in [3.8, 4) is 0 Å². The highest BCUT2D eigenvalue weighted by Gasteiger charge is 2.02. The third kappa shape index (κ3) is 27.9. The van der Waals surface area contributed by atoms with E-state index in [9.17, 15) is 8.42 Å².